The third-order valence-corrected chi connectivity index (χ3v) is 6.62. The maximum absolute atomic E-state index is 13.0. The summed E-state index contributed by atoms with van der Waals surface area (Å²) in [6, 6.07) is 12.4. The number of pyridine rings is 1. The maximum Gasteiger partial charge on any atom is 0.223 e. The van der Waals surface area contributed by atoms with E-state index in [9.17, 15) is 4.79 Å². The summed E-state index contributed by atoms with van der Waals surface area (Å²) >= 11 is 6.03. The highest BCUT2D eigenvalue weighted by Crippen LogP contribution is 2.32. The number of amides is 1. The molecule has 3 heterocycles. The molecule has 2 aliphatic rings. The third-order valence-electron chi connectivity index (χ3n) is 6.37. The Labute approximate surface area is 183 Å². The number of hydrazine groups is 1. The van der Waals surface area contributed by atoms with Crippen molar-refractivity contribution in [1.29, 1.82) is 0 Å². The molecule has 2 fully saturated rings. The minimum atomic E-state index is 0.114. The average Bonchev–Trinajstić information content (AvgIpc) is 3.14. The number of rotatable bonds is 6. The van der Waals surface area contributed by atoms with E-state index in [2.05, 4.69) is 39.8 Å². The first-order valence-electron chi connectivity index (χ1n) is 10.8. The SMILES string of the molecule is CC1NNC(c2ccc(Cl)cc2)C1CC(=O)N1CCN(CCc2ccncc2)CC1. The lowest BCUT2D eigenvalue weighted by Gasteiger charge is -2.35. The molecule has 0 bridgehead atoms. The number of carbonyl (C=O) groups excluding carboxylic acids is 1. The first-order valence-corrected chi connectivity index (χ1v) is 11.1. The zero-order chi connectivity index (χ0) is 20.9. The maximum atomic E-state index is 13.0. The molecule has 0 radical (unpaired) electrons. The van der Waals surface area contributed by atoms with Gasteiger partial charge in [-0.05, 0) is 48.7 Å². The fraction of sp³-hybridized carbons (Fsp3) is 0.478. The number of aromatic nitrogens is 1. The second kappa shape index (κ2) is 9.88. The van der Waals surface area contributed by atoms with Crippen LogP contribution >= 0.6 is 11.6 Å². The predicted octanol–water partition coefficient (Wildman–Crippen LogP) is 2.67. The molecule has 2 N–H and O–H groups in total. The highest BCUT2D eigenvalue weighted by atomic mass is 35.5. The van der Waals surface area contributed by atoms with Crippen LogP contribution in [-0.4, -0.2) is 59.5 Å². The Hall–Kier alpha value is -1.99. The van der Waals surface area contributed by atoms with Gasteiger partial charge in [0.2, 0.25) is 5.91 Å². The van der Waals surface area contributed by atoms with Crippen LogP contribution in [0.3, 0.4) is 0 Å². The summed E-state index contributed by atoms with van der Waals surface area (Å²) in [7, 11) is 0. The normalized spacial score (nSPS) is 24.9. The Morgan fingerprint density at radius 3 is 2.47 bits per heavy atom. The van der Waals surface area contributed by atoms with Crippen molar-refractivity contribution in [1.82, 2.24) is 25.6 Å². The fourth-order valence-electron chi connectivity index (χ4n) is 4.41. The first-order chi connectivity index (χ1) is 14.6. The summed E-state index contributed by atoms with van der Waals surface area (Å²) in [5.41, 5.74) is 9.15. The van der Waals surface area contributed by atoms with Crippen molar-refractivity contribution in [2.45, 2.75) is 31.8 Å². The van der Waals surface area contributed by atoms with Crippen LogP contribution in [0.4, 0.5) is 0 Å². The van der Waals surface area contributed by atoms with Gasteiger partial charge in [-0.15, -0.1) is 0 Å². The molecule has 0 spiro atoms. The van der Waals surface area contributed by atoms with Gasteiger partial charge < -0.3 is 4.90 Å². The third kappa shape index (κ3) is 5.19. The second-order valence-corrected chi connectivity index (χ2v) is 8.74. The van der Waals surface area contributed by atoms with Crippen molar-refractivity contribution in [3.05, 3.63) is 64.9 Å². The highest BCUT2D eigenvalue weighted by molar-refractivity contribution is 6.30. The monoisotopic (exact) mass is 427 g/mol. The quantitative estimate of drug-likeness (QED) is 0.742. The molecule has 0 saturated carbocycles. The van der Waals surface area contributed by atoms with Gasteiger partial charge in [0.1, 0.15) is 0 Å². The van der Waals surface area contributed by atoms with Crippen molar-refractivity contribution in [3.63, 3.8) is 0 Å². The van der Waals surface area contributed by atoms with Crippen LogP contribution in [0.2, 0.25) is 5.02 Å². The van der Waals surface area contributed by atoms with Crippen LogP contribution in [0.5, 0.6) is 0 Å². The standard InChI is InChI=1S/C23H30ClN5O/c1-17-21(23(27-26-17)19-2-4-20(24)5-3-19)16-22(30)29-14-12-28(13-15-29)11-8-18-6-9-25-10-7-18/h2-7,9-10,17,21,23,26-27H,8,11-16H2,1H3. The van der Waals surface area contributed by atoms with E-state index in [1.165, 1.54) is 5.56 Å². The van der Waals surface area contributed by atoms with E-state index >= 15 is 0 Å². The van der Waals surface area contributed by atoms with Gasteiger partial charge in [0.15, 0.2) is 0 Å². The molecule has 2 saturated heterocycles. The Balaban J connectivity index is 1.28. The van der Waals surface area contributed by atoms with Gasteiger partial charge in [0, 0.05) is 68.5 Å². The van der Waals surface area contributed by atoms with Gasteiger partial charge in [-0.2, -0.15) is 0 Å². The average molecular weight is 428 g/mol. The lowest BCUT2D eigenvalue weighted by molar-refractivity contribution is -0.134. The zero-order valence-corrected chi connectivity index (χ0v) is 18.2. The number of piperazine rings is 1. The summed E-state index contributed by atoms with van der Waals surface area (Å²) in [5.74, 6) is 0.466. The Morgan fingerprint density at radius 1 is 1.07 bits per heavy atom. The highest BCUT2D eigenvalue weighted by Gasteiger charge is 2.36. The van der Waals surface area contributed by atoms with Gasteiger partial charge in [0.25, 0.3) is 0 Å². The lowest BCUT2D eigenvalue weighted by Crippen LogP contribution is -2.49. The molecule has 1 amide bonds. The minimum Gasteiger partial charge on any atom is -0.340 e. The number of carbonyl (C=O) groups is 1. The lowest BCUT2D eigenvalue weighted by atomic mass is 9.87. The van der Waals surface area contributed by atoms with Crippen LogP contribution < -0.4 is 10.9 Å². The van der Waals surface area contributed by atoms with Gasteiger partial charge in [-0.3, -0.25) is 20.1 Å². The molecule has 3 atom stereocenters. The number of hydrogen-bond donors (Lipinski definition) is 2. The van der Waals surface area contributed by atoms with E-state index in [4.69, 9.17) is 11.6 Å². The summed E-state index contributed by atoms with van der Waals surface area (Å²) in [4.78, 5) is 21.6. The topological polar surface area (TPSA) is 60.5 Å². The van der Waals surface area contributed by atoms with E-state index in [-0.39, 0.29) is 23.9 Å². The molecular formula is C23H30ClN5O. The van der Waals surface area contributed by atoms with Crippen molar-refractivity contribution < 1.29 is 4.79 Å². The molecule has 1 aromatic carbocycles. The van der Waals surface area contributed by atoms with Gasteiger partial charge in [0.05, 0.1) is 6.04 Å². The molecule has 160 valence electrons. The predicted molar refractivity (Wildman–Crippen MR) is 119 cm³/mol. The van der Waals surface area contributed by atoms with Crippen LogP contribution in [-0.2, 0) is 11.2 Å². The molecule has 30 heavy (non-hydrogen) atoms. The molecule has 2 aliphatic heterocycles. The summed E-state index contributed by atoms with van der Waals surface area (Å²) in [6.07, 6.45) is 5.26. The van der Waals surface area contributed by atoms with Crippen LogP contribution in [0.25, 0.3) is 0 Å². The van der Waals surface area contributed by atoms with Crippen LogP contribution in [0.15, 0.2) is 48.8 Å². The van der Waals surface area contributed by atoms with E-state index in [0.29, 0.717) is 6.42 Å². The molecule has 1 aromatic heterocycles. The number of benzene rings is 1. The van der Waals surface area contributed by atoms with E-state index in [0.717, 1.165) is 49.7 Å². The number of nitrogens with zero attached hydrogens (tertiary/aromatic N) is 3. The van der Waals surface area contributed by atoms with Crippen molar-refractivity contribution >= 4 is 17.5 Å². The van der Waals surface area contributed by atoms with Crippen LogP contribution in [0, 0.1) is 5.92 Å². The summed E-state index contributed by atoms with van der Waals surface area (Å²) in [6.45, 7) is 6.66. The fourth-order valence-corrected chi connectivity index (χ4v) is 4.53. The number of halogens is 1. The Bertz CT molecular complexity index is 823. The largest absolute Gasteiger partial charge is 0.340 e. The van der Waals surface area contributed by atoms with Gasteiger partial charge >= 0.3 is 0 Å². The van der Waals surface area contributed by atoms with E-state index < -0.39 is 0 Å². The number of hydrogen-bond acceptors (Lipinski definition) is 5. The van der Waals surface area contributed by atoms with Gasteiger partial charge in [-0.25, -0.2) is 5.43 Å². The second-order valence-electron chi connectivity index (χ2n) is 8.30. The molecule has 4 rings (SSSR count). The van der Waals surface area contributed by atoms with Crippen molar-refractivity contribution in [2.75, 3.05) is 32.7 Å². The van der Waals surface area contributed by atoms with E-state index in [1.807, 2.05) is 41.6 Å². The molecule has 7 heteroatoms. The molecule has 3 unspecified atom stereocenters. The molecule has 0 aliphatic carbocycles. The zero-order valence-electron chi connectivity index (χ0n) is 17.4. The smallest absolute Gasteiger partial charge is 0.223 e. The summed E-state index contributed by atoms with van der Waals surface area (Å²) < 4.78 is 0. The molecular weight excluding hydrogens is 398 g/mol. The molecule has 2 aromatic rings. The van der Waals surface area contributed by atoms with E-state index in [1.54, 1.807) is 0 Å². The summed E-state index contributed by atoms with van der Waals surface area (Å²) in [5, 5.41) is 0.729. The first kappa shape index (κ1) is 21.2. The Kier molecular flexibility index (Phi) is 7.00. The Morgan fingerprint density at radius 2 is 1.77 bits per heavy atom. The van der Waals surface area contributed by atoms with Gasteiger partial charge in [-0.1, -0.05) is 23.7 Å². The number of nitrogens with one attached hydrogen (secondary N) is 2. The molecule has 6 nitrogen and oxygen atoms in total. The van der Waals surface area contributed by atoms with Crippen molar-refractivity contribution in [2.24, 2.45) is 5.92 Å². The van der Waals surface area contributed by atoms with Crippen molar-refractivity contribution in [3.8, 4) is 0 Å². The van der Waals surface area contributed by atoms with Crippen LogP contribution in [0.1, 0.15) is 30.5 Å². The minimum absolute atomic E-state index is 0.114.